The van der Waals surface area contributed by atoms with E-state index in [0.29, 0.717) is 0 Å². The summed E-state index contributed by atoms with van der Waals surface area (Å²) in [5, 5.41) is 5.39. The third-order valence-corrected chi connectivity index (χ3v) is 4.29. The Bertz CT molecular complexity index is 639. The molecule has 1 aliphatic rings. The first-order valence-corrected chi connectivity index (χ1v) is 7.56. The van der Waals surface area contributed by atoms with Crippen LogP contribution in [0.15, 0.2) is 18.2 Å². The van der Waals surface area contributed by atoms with Gasteiger partial charge in [0.15, 0.2) is 0 Å². The number of nitrogens with one attached hydrogen (secondary N) is 1. The molecule has 0 radical (unpaired) electrons. The van der Waals surface area contributed by atoms with Gasteiger partial charge in [-0.15, -0.1) is 0 Å². The average Bonchev–Trinajstić information content (AvgIpc) is 2.45. The zero-order valence-electron chi connectivity index (χ0n) is 12.0. The zero-order chi connectivity index (χ0) is 14.1. The highest BCUT2D eigenvalue weighted by Gasteiger charge is 2.20. The molecule has 0 atom stereocenters. The fraction of sp³-hybridized carbons (Fsp3) is 0.438. The molecule has 0 amide bonds. The number of hydrogen-bond acceptors (Lipinski definition) is 3. The molecule has 1 aromatic carbocycles. The van der Waals surface area contributed by atoms with Gasteiger partial charge in [0.25, 0.3) is 0 Å². The second-order valence-electron chi connectivity index (χ2n) is 5.42. The van der Waals surface area contributed by atoms with Crippen molar-refractivity contribution in [2.24, 2.45) is 0 Å². The lowest BCUT2D eigenvalue weighted by molar-refractivity contribution is 0.309. The second kappa shape index (κ2) is 5.68. The number of pyridine rings is 1. The summed E-state index contributed by atoms with van der Waals surface area (Å²) in [6.07, 6.45) is 1.01. The molecule has 1 N–H and O–H groups in total. The minimum absolute atomic E-state index is 0.752. The number of nitrogens with zero attached hydrogens (tertiary/aromatic N) is 2. The standard InChI is InChI=1S/C16H20ClN3/c1-3-18-9-12-11-5-4-6-14(17)16(11)19-15-7-8-20(2)10-13(12)15/h4-6,18H,3,7-10H2,1-2H3. The average molecular weight is 290 g/mol. The Labute approximate surface area is 124 Å². The number of halogens is 1. The first-order chi connectivity index (χ1) is 9.70. The van der Waals surface area contributed by atoms with Gasteiger partial charge in [-0.3, -0.25) is 4.98 Å². The largest absolute Gasteiger partial charge is 0.313 e. The molecule has 0 spiro atoms. The Kier molecular flexibility index (Phi) is 3.92. The minimum atomic E-state index is 0.752. The van der Waals surface area contributed by atoms with Gasteiger partial charge in [-0.05, 0) is 30.8 Å². The molecule has 2 heterocycles. The highest BCUT2D eigenvalue weighted by atomic mass is 35.5. The van der Waals surface area contributed by atoms with E-state index in [9.17, 15) is 0 Å². The summed E-state index contributed by atoms with van der Waals surface area (Å²) in [6, 6.07) is 6.08. The van der Waals surface area contributed by atoms with E-state index in [2.05, 4.69) is 30.3 Å². The van der Waals surface area contributed by atoms with Gasteiger partial charge >= 0.3 is 0 Å². The van der Waals surface area contributed by atoms with Crippen LogP contribution >= 0.6 is 11.6 Å². The maximum Gasteiger partial charge on any atom is 0.0894 e. The maximum atomic E-state index is 6.34. The van der Waals surface area contributed by atoms with Gasteiger partial charge in [0.1, 0.15) is 0 Å². The Morgan fingerprint density at radius 1 is 1.40 bits per heavy atom. The smallest absolute Gasteiger partial charge is 0.0894 e. The van der Waals surface area contributed by atoms with E-state index in [1.807, 2.05) is 12.1 Å². The van der Waals surface area contributed by atoms with Crippen molar-refractivity contribution >= 4 is 22.5 Å². The van der Waals surface area contributed by atoms with Crippen LogP contribution in [0.2, 0.25) is 5.02 Å². The van der Waals surface area contributed by atoms with E-state index in [4.69, 9.17) is 16.6 Å². The van der Waals surface area contributed by atoms with Crippen LogP contribution in [0.1, 0.15) is 23.7 Å². The molecule has 0 aliphatic carbocycles. The summed E-state index contributed by atoms with van der Waals surface area (Å²) in [6.45, 7) is 6.03. The van der Waals surface area contributed by atoms with Gasteiger partial charge in [0.2, 0.25) is 0 Å². The molecule has 1 aromatic heterocycles. The summed E-state index contributed by atoms with van der Waals surface area (Å²) in [5.74, 6) is 0. The monoisotopic (exact) mass is 289 g/mol. The Balaban J connectivity index is 2.22. The van der Waals surface area contributed by atoms with Crippen LogP contribution < -0.4 is 5.32 Å². The van der Waals surface area contributed by atoms with E-state index in [0.717, 1.165) is 43.1 Å². The van der Waals surface area contributed by atoms with Crippen LogP contribution in [0, 0.1) is 0 Å². The van der Waals surface area contributed by atoms with Crippen molar-refractivity contribution in [3.8, 4) is 0 Å². The molecule has 106 valence electrons. The van der Waals surface area contributed by atoms with Crippen molar-refractivity contribution in [2.75, 3.05) is 20.1 Å². The second-order valence-corrected chi connectivity index (χ2v) is 5.83. The molecule has 1 aliphatic heterocycles. The number of likely N-dealkylation sites (N-methyl/N-ethyl adjacent to an activating group) is 1. The highest BCUT2D eigenvalue weighted by Crippen LogP contribution is 2.31. The molecule has 0 unspecified atom stereocenters. The fourth-order valence-corrected chi connectivity index (χ4v) is 3.12. The number of benzene rings is 1. The molecule has 0 fully saturated rings. The number of aromatic nitrogens is 1. The molecule has 0 bridgehead atoms. The lowest BCUT2D eigenvalue weighted by atomic mass is 9.96. The van der Waals surface area contributed by atoms with Crippen molar-refractivity contribution in [1.82, 2.24) is 15.2 Å². The van der Waals surface area contributed by atoms with Gasteiger partial charge in [-0.1, -0.05) is 30.7 Å². The van der Waals surface area contributed by atoms with Crippen LogP contribution in [0.4, 0.5) is 0 Å². The molecule has 0 saturated heterocycles. The van der Waals surface area contributed by atoms with Gasteiger partial charge < -0.3 is 10.2 Å². The van der Waals surface area contributed by atoms with E-state index >= 15 is 0 Å². The van der Waals surface area contributed by atoms with Crippen molar-refractivity contribution in [2.45, 2.75) is 26.4 Å². The molecular formula is C16H20ClN3. The normalized spacial score (nSPS) is 15.6. The van der Waals surface area contributed by atoms with Crippen LogP contribution in [-0.2, 0) is 19.5 Å². The molecular weight excluding hydrogens is 270 g/mol. The van der Waals surface area contributed by atoms with E-state index < -0.39 is 0 Å². The summed E-state index contributed by atoms with van der Waals surface area (Å²) < 4.78 is 0. The van der Waals surface area contributed by atoms with Crippen molar-refractivity contribution < 1.29 is 0 Å². The molecule has 3 nitrogen and oxygen atoms in total. The Hall–Kier alpha value is -1.16. The van der Waals surface area contributed by atoms with E-state index in [1.165, 1.54) is 22.2 Å². The number of fused-ring (bicyclic) bond motifs is 2. The third kappa shape index (κ3) is 2.41. The molecule has 0 saturated carbocycles. The van der Waals surface area contributed by atoms with Crippen molar-refractivity contribution in [3.05, 3.63) is 40.0 Å². The number of hydrogen-bond donors (Lipinski definition) is 1. The van der Waals surface area contributed by atoms with E-state index in [-0.39, 0.29) is 0 Å². The van der Waals surface area contributed by atoms with Crippen LogP contribution in [0.25, 0.3) is 10.9 Å². The first kappa shape index (κ1) is 13.8. The van der Waals surface area contributed by atoms with Gasteiger partial charge in [0, 0.05) is 37.1 Å². The quantitative estimate of drug-likeness (QED) is 0.941. The van der Waals surface area contributed by atoms with Gasteiger partial charge in [-0.2, -0.15) is 0 Å². The predicted octanol–water partition coefficient (Wildman–Crippen LogP) is 2.99. The predicted molar refractivity (Wildman–Crippen MR) is 84.2 cm³/mol. The third-order valence-electron chi connectivity index (χ3n) is 3.98. The highest BCUT2D eigenvalue weighted by molar-refractivity contribution is 6.35. The summed E-state index contributed by atoms with van der Waals surface area (Å²) in [7, 11) is 2.17. The lowest BCUT2D eigenvalue weighted by Crippen LogP contribution is -2.29. The topological polar surface area (TPSA) is 28.2 Å². The van der Waals surface area contributed by atoms with Gasteiger partial charge in [0.05, 0.1) is 10.5 Å². The summed E-state index contributed by atoms with van der Waals surface area (Å²) in [4.78, 5) is 7.19. The lowest BCUT2D eigenvalue weighted by Gasteiger charge is -2.27. The number of rotatable bonds is 3. The van der Waals surface area contributed by atoms with Crippen LogP contribution in [0.5, 0.6) is 0 Å². The Morgan fingerprint density at radius 3 is 3.05 bits per heavy atom. The van der Waals surface area contributed by atoms with Crippen LogP contribution in [-0.4, -0.2) is 30.0 Å². The zero-order valence-corrected chi connectivity index (χ0v) is 12.8. The van der Waals surface area contributed by atoms with Crippen molar-refractivity contribution in [3.63, 3.8) is 0 Å². The summed E-state index contributed by atoms with van der Waals surface area (Å²) >= 11 is 6.34. The molecule has 4 heteroatoms. The maximum absolute atomic E-state index is 6.34. The first-order valence-electron chi connectivity index (χ1n) is 7.18. The Morgan fingerprint density at radius 2 is 2.25 bits per heavy atom. The number of para-hydroxylation sites is 1. The summed E-state index contributed by atoms with van der Waals surface area (Å²) in [5.41, 5.74) is 4.91. The molecule has 3 rings (SSSR count). The minimum Gasteiger partial charge on any atom is -0.313 e. The van der Waals surface area contributed by atoms with Crippen molar-refractivity contribution in [1.29, 1.82) is 0 Å². The molecule has 2 aromatic rings. The van der Waals surface area contributed by atoms with Gasteiger partial charge in [-0.25, -0.2) is 0 Å². The SMILES string of the molecule is CCNCc1c2c(nc3c(Cl)cccc13)CCN(C)C2. The van der Waals surface area contributed by atoms with E-state index in [1.54, 1.807) is 0 Å². The fourth-order valence-electron chi connectivity index (χ4n) is 2.90. The van der Waals surface area contributed by atoms with Crippen LogP contribution in [0.3, 0.4) is 0 Å². The molecule has 20 heavy (non-hydrogen) atoms.